The van der Waals surface area contributed by atoms with Crippen LogP contribution < -0.4 is 10.9 Å². The summed E-state index contributed by atoms with van der Waals surface area (Å²) in [5, 5.41) is 6.62. The lowest BCUT2D eigenvalue weighted by Gasteiger charge is -2.12. The largest absolute Gasteiger partial charge is 0.416 e. The molecule has 2 N–H and O–H groups in total. The van der Waals surface area contributed by atoms with Crippen LogP contribution in [0.4, 0.5) is 18.9 Å². The van der Waals surface area contributed by atoms with Gasteiger partial charge in [-0.2, -0.15) is 18.3 Å². The van der Waals surface area contributed by atoms with E-state index in [9.17, 15) is 22.8 Å². The van der Waals surface area contributed by atoms with Crippen LogP contribution in [0.15, 0.2) is 70.7 Å². The van der Waals surface area contributed by atoms with E-state index in [0.717, 1.165) is 29.6 Å². The summed E-state index contributed by atoms with van der Waals surface area (Å²) in [6, 6.07) is 13.3. The van der Waals surface area contributed by atoms with Gasteiger partial charge in [-0.25, -0.2) is 9.67 Å². The zero-order valence-corrected chi connectivity index (χ0v) is 17.4. The number of alkyl halides is 3. The van der Waals surface area contributed by atoms with Crippen molar-refractivity contribution in [1.82, 2.24) is 19.7 Å². The van der Waals surface area contributed by atoms with Gasteiger partial charge in [0.1, 0.15) is 5.39 Å². The second-order valence-electron chi connectivity index (χ2n) is 6.82. The predicted molar refractivity (Wildman–Crippen MR) is 115 cm³/mol. The van der Waals surface area contributed by atoms with E-state index in [2.05, 4.69) is 20.4 Å². The fourth-order valence-electron chi connectivity index (χ4n) is 2.92. The minimum Gasteiger partial charge on any atom is -0.325 e. The van der Waals surface area contributed by atoms with Crippen molar-refractivity contribution in [2.45, 2.75) is 23.5 Å². The molecule has 0 aliphatic carbocycles. The Morgan fingerprint density at radius 1 is 1.12 bits per heavy atom. The lowest BCUT2D eigenvalue weighted by Crippen LogP contribution is -2.23. The molecule has 1 amide bonds. The number of nitrogens with zero attached hydrogens (tertiary/aromatic N) is 3. The molecular weight excluding hydrogens is 443 g/mol. The normalized spacial score (nSPS) is 12.6. The summed E-state index contributed by atoms with van der Waals surface area (Å²) < 4.78 is 39.6. The van der Waals surface area contributed by atoms with E-state index in [1.165, 1.54) is 23.0 Å². The average Bonchev–Trinajstić information content (AvgIpc) is 3.18. The monoisotopic (exact) mass is 459 g/mol. The molecule has 2 heterocycles. The van der Waals surface area contributed by atoms with Crippen LogP contribution in [-0.4, -0.2) is 30.9 Å². The SMILES string of the molecule is CC(Sc1nc2c(cnn2-c2ccccc2)c(=O)[nH]1)C(=O)Nc1ccc(C(F)(F)F)cc1. The van der Waals surface area contributed by atoms with Crippen molar-refractivity contribution in [2.75, 3.05) is 5.32 Å². The second kappa shape index (κ2) is 8.50. The number of rotatable bonds is 5. The van der Waals surface area contributed by atoms with E-state index in [4.69, 9.17) is 0 Å². The van der Waals surface area contributed by atoms with Gasteiger partial charge in [-0.1, -0.05) is 30.0 Å². The number of anilines is 1. The minimum absolute atomic E-state index is 0.218. The number of aromatic amines is 1. The summed E-state index contributed by atoms with van der Waals surface area (Å²) >= 11 is 1.01. The Bertz CT molecular complexity index is 1320. The zero-order valence-electron chi connectivity index (χ0n) is 16.6. The average molecular weight is 459 g/mol. The molecule has 32 heavy (non-hydrogen) atoms. The lowest BCUT2D eigenvalue weighted by atomic mass is 10.2. The lowest BCUT2D eigenvalue weighted by molar-refractivity contribution is -0.137. The number of H-pyrrole nitrogens is 1. The third-order valence-electron chi connectivity index (χ3n) is 4.55. The number of hydrogen-bond donors (Lipinski definition) is 2. The van der Waals surface area contributed by atoms with Gasteiger partial charge in [0.25, 0.3) is 5.56 Å². The van der Waals surface area contributed by atoms with Gasteiger partial charge in [-0.05, 0) is 43.3 Å². The number of thioether (sulfide) groups is 1. The molecule has 4 rings (SSSR count). The van der Waals surface area contributed by atoms with Crippen LogP contribution in [-0.2, 0) is 11.0 Å². The topological polar surface area (TPSA) is 92.7 Å². The Labute approximate surface area is 183 Å². The highest BCUT2D eigenvalue weighted by Gasteiger charge is 2.30. The molecule has 0 bridgehead atoms. The van der Waals surface area contributed by atoms with Gasteiger partial charge in [-0.3, -0.25) is 9.59 Å². The molecule has 0 saturated carbocycles. The van der Waals surface area contributed by atoms with E-state index in [1.54, 1.807) is 6.92 Å². The number of fused-ring (bicyclic) bond motifs is 1. The van der Waals surface area contributed by atoms with Gasteiger partial charge < -0.3 is 10.3 Å². The first kappa shape index (κ1) is 21.6. The number of hydrogen-bond acceptors (Lipinski definition) is 5. The van der Waals surface area contributed by atoms with Crippen molar-refractivity contribution < 1.29 is 18.0 Å². The quantitative estimate of drug-likeness (QED) is 0.344. The van der Waals surface area contributed by atoms with E-state index >= 15 is 0 Å². The first-order chi connectivity index (χ1) is 15.2. The highest BCUT2D eigenvalue weighted by molar-refractivity contribution is 8.00. The molecule has 164 valence electrons. The number of carbonyl (C=O) groups excluding carboxylic acids is 1. The third-order valence-corrected chi connectivity index (χ3v) is 5.54. The maximum Gasteiger partial charge on any atom is 0.416 e. The molecule has 0 saturated heterocycles. The van der Waals surface area contributed by atoms with Gasteiger partial charge in [0.2, 0.25) is 5.91 Å². The van der Waals surface area contributed by atoms with Crippen LogP contribution in [0.25, 0.3) is 16.7 Å². The van der Waals surface area contributed by atoms with Crippen LogP contribution in [0, 0.1) is 0 Å². The van der Waals surface area contributed by atoms with E-state index in [1.807, 2.05) is 30.3 Å². The first-order valence-corrected chi connectivity index (χ1v) is 10.3. The van der Waals surface area contributed by atoms with E-state index < -0.39 is 28.5 Å². The number of halogens is 3. The minimum atomic E-state index is -4.45. The second-order valence-corrected chi connectivity index (χ2v) is 8.15. The van der Waals surface area contributed by atoms with Crippen LogP contribution in [0.2, 0.25) is 0 Å². The maximum absolute atomic E-state index is 12.7. The van der Waals surface area contributed by atoms with Crippen molar-refractivity contribution in [3.63, 3.8) is 0 Å². The van der Waals surface area contributed by atoms with Gasteiger partial charge in [0.05, 0.1) is 22.7 Å². The summed E-state index contributed by atoms with van der Waals surface area (Å²) in [5.41, 5.74) is 0.106. The number of amides is 1. The highest BCUT2D eigenvalue weighted by Crippen LogP contribution is 2.30. The molecule has 0 radical (unpaired) electrons. The summed E-state index contributed by atoms with van der Waals surface area (Å²) in [5.74, 6) is -0.450. The third kappa shape index (κ3) is 4.52. The standard InChI is InChI=1S/C21H16F3N5O2S/c1-12(18(30)26-14-9-7-13(8-10-14)21(22,23)24)32-20-27-17-16(19(31)28-20)11-25-29(17)15-5-3-2-4-6-15/h2-12H,1H3,(H,26,30)(H,27,28,31). The van der Waals surface area contributed by atoms with E-state index in [0.29, 0.717) is 11.0 Å². The van der Waals surface area contributed by atoms with Gasteiger partial charge in [-0.15, -0.1) is 0 Å². The van der Waals surface area contributed by atoms with Gasteiger partial charge in [0, 0.05) is 5.69 Å². The Balaban J connectivity index is 1.52. The van der Waals surface area contributed by atoms with Gasteiger partial charge in [0.15, 0.2) is 10.8 Å². The zero-order chi connectivity index (χ0) is 22.9. The molecule has 2 aromatic carbocycles. The summed E-state index contributed by atoms with van der Waals surface area (Å²) in [4.78, 5) is 32.0. The Morgan fingerprint density at radius 2 is 1.81 bits per heavy atom. The van der Waals surface area contributed by atoms with Crippen molar-refractivity contribution in [1.29, 1.82) is 0 Å². The summed E-state index contributed by atoms with van der Waals surface area (Å²) in [6.07, 6.45) is -3.03. The van der Waals surface area contributed by atoms with Crippen molar-refractivity contribution in [3.05, 3.63) is 76.7 Å². The smallest absolute Gasteiger partial charge is 0.325 e. The van der Waals surface area contributed by atoms with E-state index in [-0.39, 0.29) is 10.8 Å². The Morgan fingerprint density at radius 3 is 2.47 bits per heavy atom. The molecule has 0 aliphatic rings. The van der Waals surface area contributed by atoms with Crippen molar-refractivity contribution in [3.8, 4) is 5.69 Å². The number of carbonyl (C=O) groups is 1. The summed E-state index contributed by atoms with van der Waals surface area (Å²) in [6.45, 7) is 1.60. The van der Waals surface area contributed by atoms with Crippen molar-refractivity contribution >= 4 is 34.4 Å². The Hall–Kier alpha value is -3.60. The number of benzene rings is 2. The van der Waals surface area contributed by atoms with Crippen LogP contribution >= 0.6 is 11.8 Å². The summed E-state index contributed by atoms with van der Waals surface area (Å²) in [7, 11) is 0. The number of para-hydroxylation sites is 1. The molecule has 1 unspecified atom stereocenters. The van der Waals surface area contributed by atoms with Crippen LogP contribution in [0.5, 0.6) is 0 Å². The molecule has 11 heteroatoms. The van der Waals surface area contributed by atoms with Gasteiger partial charge >= 0.3 is 6.18 Å². The predicted octanol–water partition coefficient (Wildman–Crippen LogP) is 4.25. The Kier molecular flexibility index (Phi) is 5.74. The molecule has 0 aliphatic heterocycles. The molecular formula is C21H16F3N5O2S. The molecule has 2 aromatic heterocycles. The molecule has 0 spiro atoms. The fourth-order valence-corrected chi connectivity index (χ4v) is 3.71. The number of nitrogens with one attached hydrogen (secondary N) is 2. The molecule has 7 nitrogen and oxygen atoms in total. The first-order valence-electron chi connectivity index (χ1n) is 9.40. The number of aromatic nitrogens is 4. The maximum atomic E-state index is 12.7. The molecule has 4 aromatic rings. The van der Waals surface area contributed by atoms with Crippen LogP contribution in [0.3, 0.4) is 0 Å². The molecule has 0 fully saturated rings. The highest BCUT2D eigenvalue weighted by atomic mass is 32.2. The van der Waals surface area contributed by atoms with Crippen molar-refractivity contribution in [2.24, 2.45) is 0 Å². The fraction of sp³-hybridized carbons (Fsp3) is 0.143. The molecule has 1 atom stereocenters. The van der Waals surface area contributed by atoms with Crippen LogP contribution in [0.1, 0.15) is 12.5 Å².